The van der Waals surface area contributed by atoms with Crippen molar-refractivity contribution < 1.29 is 14.3 Å². The van der Waals surface area contributed by atoms with Crippen molar-refractivity contribution >= 4 is 29.4 Å². The Morgan fingerprint density at radius 2 is 2.17 bits per heavy atom. The first-order chi connectivity index (χ1) is 8.58. The van der Waals surface area contributed by atoms with E-state index >= 15 is 0 Å². The Balaban J connectivity index is 2.79. The number of amides is 2. The van der Waals surface area contributed by atoms with Gasteiger partial charge in [-0.1, -0.05) is 11.6 Å². The second-order valence-corrected chi connectivity index (χ2v) is 3.66. The van der Waals surface area contributed by atoms with E-state index in [1.54, 1.807) is 13.8 Å². The van der Waals surface area contributed by atoms with E-state index < -0.39 is 5.97 Å². The molecule has 0 unspecified atom stereocenters. The lowest BCUT2D eigenvalue weighted by Gasteiger charge is -2.07. The topological polar surface area (TPSA) is 80.3 Å². The van der Waals surface area contributed by atoms with Crippen LogP contribution in [0.3, 0.4) is 0 Å². The first-order valence-electron chi connectivity index (χ1n) is 5.46. The second-order valence-electron chi connectivity index (χ2n) is 3.25. The van der Waals surface area contributed by atoms with E-state index in [9.17, 15) is 9.59 Å². The number of anilines is 1. The van der Waals surface area contributed by atoms with Crippen LogP contribution in [0, 0.1) is 0 Å². The van der Waals surface area contributed by atoms with Crippen LogP contribution in [0.5, 0.6) is 0 Å². The number of carbonyl (C=O) groups is 2. The molecule has 0 spiro atoms. The van der Waals surface area contributed by atoms with Crippen LogP contribution in [0.4, 0.5) is 10.6 Å². The standard InChI is InChI=1S/C11H14ClN3O3/c1-3-13-11(17)15-9-5-8(12)7(6-14-9)10(16)18-4-2/h5-6H,3-4H2,1-2H3,(H2,13,14,15,17). The Morgan fingerprint density at radius 1 is 1.44 bits per heavy atom. The normalized spacial score (nSPS) is 9.72. The fraction of sp³-hybridized carbons (Fsp3) is 0.364. The lowest BCUT2D eigenvalue weighted by atomic mass is 10.3. The molecule has 0 bridgehead atoms. The van der Waals surface area contributed by atoms with Crippen LogP contribution in [0.15, 0.2) is 12.3 Å². The van der Waals surface area contributed by atoms with Crippen molar-refractivity contribution in [2.24, 2.45) is 0 Å². The number of nitrogens with one attached hydrogen (secondary N) is 2. The highest BCUT2D eigenvalue weighted by molar-refractivity contribution is 6.33. The van der Waals surface area contributed by atoms with Gasteiger partial charge in [-0.05, 0) is 13.8 Å². The maximum atomic E-state index is 11.5. The molecular formula is C11H14ClN3O3. The highest BCUT2D eigenvalue weighted by Crippen LogP contribution is 2.19. The van der Waals surface area contributed by atoms with Gasteiger partial charge in [-0.3, -0.25) is 5.32 Å². The summed E-state index contributed by atoms with van der Waals surface area (Å²) in [6.45, 7) is 4.25. The van der Waals surface area contributed by atoms with Crippen molar-refractivity contribution in [3.05, 3.63) is 22.8 Å². The van der Waals surface area contributed by atoms with E-state index in [0.29, 0.717) is 6.54 Å². The summed E-state index contributed by atoms with van der Waals surface area (Å²) in [7, 11) is 0. The summed E-state index contributed by atoms with van der Waals surface area (Å²) in [5.41, 5.74) is 0.167. The molecule has 0 saturated carbocycles. The molecule has 0 aliphatic carbocycles. The number of ether oxygens (including phenoxy) is 1. The minimum atomic E-state index is -0.542. The largest absolute Gasteiger partial charge is 0.462 e. The molecule has 2 N–H and O–H groups in total. The van der Waals surface area contributed by atoms with Crippen molar-refractivity contribution in [3.63, 3.8) is 0 Å². The lowest BCUT2D eigenvalue weighted by molar-refractivity contribution is 0.0526. The van der Waals surface area contributed by atoms with Crippen molar-refractivity contribution in [1.82, 2.24) is 10.3 Å². The second kappa shape index (κ2) is 6.80. The molecule has 0 aliphatic rings. The number of hydrogen-bond donors (Lipinski definition) is 2. The van der Waals surface area contributed by atoms with Gasteiger partial charge in [0, 0.05) is 18.8 Å². The zero-order valence-electron chi connectivity index (χ0n) is 10.1. The molecule has 0 aliphatic heterocycles. The van der Waals surface area contributed by atoms with Gasteiger partial charge in [0.25, 0.3) is 0 Å². The van der Waals surface area contributed by atoms with Gasteiger partial charge in [-0.15, -0.1) is 0 Å². The molecule has 0 radical (unpaired) electrons. The van der Waals surface area contributed by atoms with Gasteiger partial charge in [0.2, 0.25) is 0 Å². The van der Waals surface area contributed by atoms with Gasteiger partial charge < -0.3 is 10.1 Å². The molecule has 1 heterocycles. The number of esters is 1. The van der Waals surface area contributed by atoms with Crippen LogP contribution in [0.2, 0.25) is 5.02 Å². The minimum absolute atomic E-state index is 0.167. The van der Waals surface area contributed by atoms with Gasteiger partial charge >= 0.3 is 12.0 Å². The number of urea groups is 1. The molecule has 1 rings (SSSR count). The first-order valence-corrected chi connectivity index (χ1v) is 5.83. The maximum absolute atomic E-state index is 11.5. The Kier molecular flexibility index (Phi) is 5.38. The van der Waals surface area contributed by atoms with E-state index in [1.807, 2.05) is 0 Å². The highest BCUT2D eigenvalue weighted by Gasteiger charge is 2.13. The summed E-state index contributed by atoms with van der Waals surface area (Å²) in [5.74, 6) is -0.279. The summed E-state index contributed by atoms with van der Waals surface area (Å²) >= 11 is 5.91. The third-order valence-corrected chi connectivity index (χ3v) is 2.24. The van der Waals surface area contributed by atoms with Crippen LogP contribution in [0.1, 0.15) is 24.2 Å². The quantitative estimate of drug-likeness (QED) is 0.822. The Hall–Kier alpha value is -1.82. The molecule has 0 atom stereocenters. The predicted molar refractivity (Wildman–Crippen MR) is 67.9 cm³/mol. The minimum Gasteiger partial charge on any atom is -0.462 e. The van der Waals surface area contributed by atoms with Crippen LogP contribution >= 0.6 is 11.6 Å². The Labute approximate surface area is 110 Å². The number of hydrogen-bond acceptors (Lipinski definition) is 4. The SMILES string of the molecule is CCNC(=O)Nc1cc(Cl)c(C(=O)OCC)cn1. The van der Waals surface area contributed by atoms with Crippen LogP contribution in [0.25, 0.3) is 0 Å². The summed E-state index contributed by atoms with van der Waals surface area (Å²) in [6, 6.07) is 1.01. The monoisotopic (exact) mass is 271 g/mol. The number of halogens is 1. The lowest BCUT2D eigenvalue weighted by Crippen LogP contribution is -2.28. The molecule has 6 nitrogen and oxygen atoms in total. The predicted octanol–water partition coefficient (Wildman–Crippen LogP) is 2.05. The fourth-order valence-corrected chi connectivity index (χ4v) is 1.41. The summed E-state index contributed by atoms with van der Waals surface area (Å²) < 4.78 is 4.81. The molecule has 98 valence electrons. The molecule has 1 aromatic rings. The summed E-state index contributed by atoms with van der Waals surface area (Å²) in [5, 5.41) is 5.21. The van der Waals surface area contributed by atoms with Gasteiger partial charge in [0.15, 0.2) is 0 Å². The first kappa shape index (κ1) is 14.2. The van der Waals surface area contributed by atoms with Gasteiger partial charge in [-0.25, -0.2) is 14.6 Å². The highest BCUT2D eigenvalue weighted by atomic mass is 35.5. The fourth-order valence-electron chi connectivity index (χ4n) is 1.18. The van der Waals surface area contributed by atoms with Crippen LogP contribution in [-0.4, -0.2) is 30.1 Å². The molecule has 0 fully saturated rings. The average Bonchev–Trinajstić information content (AvgIpc) is 2.29. The Bertz CT molecular complexity index is 451. The van der Waals surface area contributed by atoms with Crippen molar-refractivity contribution in [2.75, 3.05) is 18.5 Å². The number of aromatic nitrogens is 1. The third-order valence-electron chi connectivity index (χ3n) is 1.93. The van der Waals surface area contributed by atoms with E-state index in [-0.39, 0.29) is 29.0 Å². The Morgan fingerprint density at radius 3 is 2.72 bits per heavy atom. The number of pyridine rings is 1. The van der Waals surface area contributed by atoms with E-state index in [0.717, 1.165) is 0 Å². The van der Waals surface area contributed by atoms with Crippen LogP contribution in [-0.2, 0) is 4.74 Å². The summed E-state index contributed by atoms with van der Waals surface area (Å²) in [6.07, 6.45) is 1.27. The number of nitrogens with zero attached hydrogens (tertiary/aromatic N) is 1. The van der Waals surface area contributed by atoms with Crippen molar-refractivity contribution in [2.45, 2.75) is 13.8 Å². The molecule has 2 amide bonds. The zero-order valence-corrected chi connectivity index (χ0v) is 10.9. The number of carbonyl (C=O) groups excluding carboxylic acids is 2. The zero-order chi connectivity index (χ0) is 13.5. The maximum Gasteiger partial charge on any atom is 0.341 e. The smallest absolute Gasteiger partial charge is 0.341 e. The van der Waals surface area contributed by atoms with Crippen molar-refractivity contribution in [3.8, 4) is 0 Å². The molecule has 0 saturated heterocycles. The van der Waals surface area contributed by atoms with Gasteiger partial charge in [0.1, 0.15) is 5.82 Å². The summed E-state index contributed by atoms with van der Waals surface area (Å²) in [4.78, 5) is 26.6. The average molecular weight is 272 g/mol. The van der Waals surface area contributed by atoms with E-state index in [2.05, 4.69) is 15.6 Å². The van der Waals surface area contributed by atoms with Crippen LogP contribution < -0.4 is 10.6 Å². The molecular weight excluding hydrogens is 258 g/mol. The molecule has 7 heteroatoms. The van der Waals surface area contributed by atoms with Gasteiger partial charge in [0.05, 0.1) is 17.2 Å². The number of rotatable bonds is 4. The molecule has 0 aromatic carbocycles. The molecule has 18 heavy (non-hydrogen) atoms. The van der Waals surface area contributed by atoms with Crippen molar-refractivity contribution in [1.29, 1.82) is 0 Å². The van der Waals surface area contributed by atoms with E-state index in [1.165, 1.54) is 12.3 Å². The van der Waals surface area contributed by atoms with Gasteiger partial charge in [-0.2, -0.15) is 0 Å². The van der Waals surface area contributed by atoms with E-state index in [4.69, 9.17) is 16.3 Å². The third kappa shape index (κ3) is 3.89. The molecule has 1 aromatic heterocycles.